The molecule has 3 rings (SSSR count). The van der Waals surface area contributed by atoms with Crippen molar-refractivity contribution in [3.8, 4) is 16.9 Å². The van der Waals surface area contributed by atoms with Gasteiger partial charge >= 0.3 is 5.97 Å². The first-order chi connectivity index (χ1) is 10.7. The largest absolute Gasteiger partial charge is 0.497 e. The Morgan fingerprint density at radius 1 is 0.773 bits per heavy atom. The Kier molecular flexibility index (Phi) is 3.79. The number of benzene rings is 3. The number of carbonyl (C=O) groups excluding carboxylic acids is 1. The van der Waals surface area contributed by atoms with E-state index < -0.39 is 0 Å². The van der Waals surface area contributed by atoms with Crippen LogP contribution in [-0.4, -0.2) is 20.2 Å². The number of rotatable bonds is 3. The van der Waals surface area contributed by atoms with Gasteiger partial charge in [-0.3, -0.25) is 0 Å². The average Bonchev–Trinajstić information content (AvgIpc) is 2.60. The summed E-state index contributed by atoms with van der Waals surface area (Å²) in [6.07, 6.45) is 0. The summed E-state index contributed by atoms with van der Waals surface area (Å²) in [7, 11) is 3.05. The molecule has 0 amide bonds. The van der Waals surface area contributed by atoms with Crippen LogP contribution in [0.5, 0.6) is 5.75 Å². The van der Waals surface area contributed by atoms with Gasteiger partial charge in [0.1, 0.15) is 5.75 Å². The van der Waals surface area contributed by atoms with Gasteiger partial charge < -0.3 is 9.47 Å². The van der Waals surface area contributed by atoms with Crippen molar-refractivity contribution >= 4 is 16.7 Å². The van der Waals surface area contributed by atoms with Crippen molar-refractivity contribution in [3.05, 3.63) is 66.2 Å². The standard InChI is InChI=1S/C19H16O3/c1-21-18-10-9-16-11-15(7-8-17(16)12-18)13-3-5-14(6-4-13)19(20)22-2/h3-12H,1-2H3. The van der Waals surface area contributed by atoms with Gasteiger partial charge in [-0.05, 0) is 52.2 Å². The van der Waals surface area contributed by atoms with E-state index in [-0.39, 0.29) is 5.97 Å². The van der Waals surface area contributed by atoms with E-state index in [1.54, 1.807) is 19.2 Å². The predicted molar refractivity (Wildman–Crippen MR) is 87.3 cm³/mol. The molecule has 0 saturated heterocycles. The third-order valence-electron chi connectivity index (χ3n) is 3.69. The van der Waals surface area contributed by atoms with E-state index in [0.717, 1.165) is 27.6 Å². The number of methoxy groups -OCH3 is 2. The van der Waals surface area contributed by atoms with Crippen LogP contribution in [0.15, 0.2) is 60.7 Å². The molecule has 0 fully saturated rings. The first kappa shape index (κ1) is 14.1. The van der Waals surface area contributed by atoms with Crippen molar-refractivity contribution in [2.45, 2.75) is 0 Å². The van der Waals surface area contributed by atoms with Gasteiger partial charge in [-0.2, -0.15) is 0 Å². The Balaban J connectivity index is 1.97. The van der Waals surface area contributed by atoms with E-state index in [9.17, 15) is 4.79 Å². The minimum Gasteiger partial charge on any atom is -0.497 e. The monoisotopic (exact) mass is 292 g/mol. The maximum Gasteiger partial charge on any atom is 0.337 e. The maximum absolute atomic E-state index is 11.5. The van der Waals surface area contributed by atoms with E-state index in [4.69, 9.17) is 9.47 Å². The third-order valence-corrected chi connectivity index (χ3v) is 3.69. The van der Waals surface area contributed by atoms with Crippen LogP contribution < -0.4 is 4.74 Å². The smallest absolute Gasteiger partial charge is 0.337 e. The van der Waals surface area contributed by atoms with Crippen molar-refractivity contribution in [3.63, 3.8) is 0 Å². The van der Waals surface area contributed by atoms with Crippen molar-refractivity contribution in [1.82, 2.24) is 0 Å². The zero-order valence-electron chi connectivity index (χ0n) is 12.5. The lowest BCUT2D eigenvalue weighted by Gasteiger charge is -2.07. The summed E-state index contributed by atoms with van der Waals surface area (Å²) < 4.78 is 9.95. The van der Waals surface area contributed by atoms with E-state index in [2.05, 4.69) is 18.2 Å². The lowest BCUT2D eigenvalue weighted by molar-refractivity contribution is 0.0601. The molecule has 0 aliphatic rings. The average molecular weight is 292 g/mol. The Labute approximate surface area is 129 Å². The predicted octanol–water partition coefficient (Wildman–Crippen LogP) is 4.30. The second kappa shape index (κ2) is 5.90. The highest BCUT2D eigenvalue weighted by Gasteiger charge is 2.06. The molecular weight excluding hydrogens is 276 g/mol. The van der Waals surface area contributed by atoms with Gasteiger partial charge in [0.05, 0.1) is 19.8 Å². The highest BCUT2D eigenvalue weighted by atomic mass is 16.5. The summed E-state index contributed by atoms with van der Waals surface area (Å²) in [5.74, 6) is 0.528. The molecule has 0 aliphatic carbocycles. The van der Waals surface area contributed by atoms with Crippen LogP contribution in [0.2, 0.25) is 0 Å². The molecule has 0 spiro atoms. The number of hydrogen-bond donors (Lipinski definition) is 0. The zero-order chi connectivity index (χ0) is 15.5. The number of esters is 1. The number of fused-ring (bicyclic) bond motifs is 1. The molecule has 0 N–H and O–H groups in total. The SMILES string of the molecule is COC(=O)c1ccc(-c2ccc3cc(OC)ccc3c2)cc1. The van der Waals surface area contributed by atoms with E-state index in [1.165, 1.54) is 7.11 Å². The van der Waals surface area contributed by atoms with Crippen LogP contribution in [0.25, 0.3) is 21.9 Å². The minimum atomic E-state index is -0.322. The normalized spacial score (nSPS) is 10.5. The Bertz CT molecular complexity index is 820. The summed E-state index contributed by atoms with van der Waals surface area (Å²) in [5.41, 5.74) is 2.72. The van der Waals surface area contributed by atoms with Crippen LogP contribution in [0, 0.1) is 0 Å². The van der Waals surface area contributed by atoms with Crippen LogP contribution >= 0.6 is 0 Å². The summed E-state index contributed by atoms with van der Waals surface area (Å²) >= 11 is 0. The molecule has 3 nitrogen and oxygen atoms in total. The van der Waals surface area contributed by atoms with Gasteiger partial charge in [0, 0.05) is 0 Å². The molecule has 22 heavy (non-hydrogen) atoms. The molecule has 3 aromatic carbocycles. The van der Waals surface area contributed by atoms with Crippen LogP contribution in [0.1, 0.15) is 10.4 Å². The van der Waals surface area contributed by atoms with E-state index in [1.807, 2.05) is 30.3 Å². The first-order valence-corrected chi connectivity index (χ1v) is 6.98. The second-order valence-electron chi connectivity index (χ2n) is 5.00. The fourth-order valence-corrected chi connectivity index (χ4v) is 2.45. The zero-order valence-corrected chi connectivity index (χ0v) is 12.5. The van der Waals surface area contributed by atoms with Gasteiger partial charge in [0.25, 0.3) is 0 Å². The highest BCUT2D eigenvalue weighted by Crippen LogP contribution is 2.27. The van der Waals surface area contributed by atoms with Crippen molar-refractivity contribution in [1.29, 1.82) is 0 Å². The van der Waals surface area contributed by atoms with Crippen molar-refractivity contribution in [2.75, 3.05) is 14.2 Å². The lowest BCUT2D eigenvalue weighted by atomic mass is 10.00. The Hall–Kier alpha value is -2.81. The van der Waals surface area contributed by atoms with Crippen molar-refractivity contribution in [2.24, 2.45) is 0 Å². The summed E-state index contributed by atoms with van der Waals surface area (Å²) in [5, 5.41) is 2.28. The first-order valence-electron chi connectivity index (χ1n) is 6.98. The molecule has 110 valence electrons. The molecule has 0 heterocycles. The Morgan fingerprint density at radius 2 is 1.41 bits per heavy atom. The lowest BCUT2D eigenvalue weighted by Crippen LogP contribution is -2.00. The molecule has 3 heteroatoms. The fourth-order valence-electron chi connectivity index (χ4n) is 2.45. The van der Waals surface area contributed by atoms with Gasteiger partial charge in [-0.15, -0.1) is 0 Å². The summed E-state index contributed by atoms with van der Waals surface area (Å²) in [4.78, 5) is 11.5. The third kappa shape index (κ3) is 2.66. The molecule has 0 bridgehead atoms. The highest BCUT2D eigenvalue weighted by molar-refractivity contribution is 5.91. The van der Waals surface area contributed by atoms with Gasteiger partial charge in [0.2, 0.25) is 0 Å². The minimum absolute atomic E-state index is 0.322. The summed E-state index contributed by atoms with van der Waals surface area (Å²) in [6, 6.07) is 19.7. The van der Waals surface area contributed by atoms with Gasteiger partial charge in [0.15, 0.2) is 0 Å². The number of ether oxygens (including phenoxy) is 2. The molecule has 0 saturated carbocycles. The maximum atomic E-state index is 11.5. The number of carbonyl (C=O) groups is 1. The molecular formula is C19H16O3. The topological polar surface area (TPSA) is 35.5 Å². The van der Waals surface area contributed by atoms with Crippen LogP contribution in [0.3, 0.4) is 0 Å². The molecule has 0 unspecified atom stereocenters. The summed E-state index contributed by atoms with van der Waals surface area (Å²) in [6.45, 7) is 0. The van der Waals surface area contributed by atoms with Crippen molar-refractivity contribution < 1.29 is 14.3 Å². The van der Waals surface area contributed by atoms with Crippen LogP contribution in [-0.2, 0) is 4.74 Å². The molecule has 0 radical (unpaired) electrons. The fraction of sp³-hybridized carbons (Fsp3) is 0.105. The van der Waals surface area contributed by atoms with E-state index in [0.29, 0.717) is 5.56 Å². The molecule has 0 aromatic heterocycles. The van der Waals surface area contributed by atoms with Gasteiger partial charge in [-0.1, -0.05) is 30.3 Å². The molecule has 0 atom stereocenters. The van der Waals surface area contributed by atoms with E-state index >= 15 is 0 Å². The quantitative estimate of drug-likeness (QED) is 0.675. The Morgan fingerprint density at radius 3 is 2.09 bits per heavy atom. The number of hydrogen-bond acceptors (Lipinski definition) is 3. The van der Waals surface area contributed by atoms with Crippen LogP contribution in [0.4, 0.5) is 0 Å². The molecule has 3 aromatic rings. The molecule has 0 aliphatic heterocycles. The second-order valence-corrected chi connectivity index (χ2v) is 5.00. The van der Waals surface area contributed by atoms with Gasteiger partial charge in [-0.25, -0.2) is 4.79 Å².